The van der Waals surface area contributed by atoms with Gasteiger partial charge >= 0.3 is 0 Å². The van der Waals surface area contributed by atoms with Gasteiger partial charge in [-0.3, -0.25) is 4.79 Å². The van der Waals surface area contributed by atoms with E-state index >= 15 is 0 Å². The fourth-order valence-electron chi connectivity index (χ4n) is 1.76. The SMILES string of the molecule is Cc1cc(C#CCN)cc(C(=O)N(C)CCS(C)(=O)=O)c1. The van der Waals surface area contributed by atoms with Crippen LogP contribution in [0.2, 0.25) is 0 Å². The van der Waals surface area contributed by atoms with Gasteiger partial charge in [-0.25, -0.2) is 8.42 Å². The first-order valence-corrected chi connectivity index (χ1v) is 8.53. The van der Waals surface area contributed by atoms with Crippen molar-refractivity contribution in [1.29, 1.82) is 0 Å². The molecule has 1 aromatic carbocycles. The van der Waals surface area contributed by atoms with Crippen LogP contribution in [0.15, 0.2) is 18.2 Å². The van der Waals surface area contributed by atoms with Crippen LogP contribution in [0.3, 0.4) is 0 Å². The summed E-state index contributed by atoms with van der Waals surface area (Å²) in [6.45, 7) is 2.29. The van der Waals surface area contributed by atoms with E-state index in [1.165, 1.54) is 4.90 Å². The van der Waals surface area contributed by atoms with Gasteiger partial charge in [-0.05, 0) is 30.7 Å². The monoisotopic (exact) mass is 308 g/mol. The normalized spacial score (nSPS) is 10.7. The summed E-state index contributed by atoms with van der Waals surface area (Å²) in [6.07, 6.45) is 1.15. The highest BCUT2D eigenvalue weighted by Crippen LogP contribution is 2.11. The van der Waals surface area contributed by atoms with Gasteiger partial charge in [0.15, 0.2) is 0 Å². The number of benzene rings is 1. The molecular formula is C15H20N2O3S. The first kappa shape index (κ1) is 17.2. The molecule has 0 saturated carbocycles. The van der Waals surface area contributed by atoms with Crippen LogP contribution in [0.5, 0.6) is 0 Å². The van der Waals surface area contributed by atoms with E-state index in [4.69, 9.17) is 5.73 Å². The maximum Gasteiger partial charge on any atom is 0.253 e. The molecule has 0 radical (unpaired) electrons. The summed E-state index contributed by atoms with van der Waals surface area (Å²) < 4.78 is 22.3. The first-order valence-electron chi connectivity index (χ1n) is 6.47. The third-order valence-corrected chi connectivity index (χ3v) is 3.73. The van der Waals surface area contributed by atoms with Crippen molar-refractivity contribution >= 4 is 15.7 Å². The lowest BCUT2D eigenvalue weighted by Gasteiger charge is -2.17. The van der Waals surface area contributed by atoms with E-state index in [0.29, 0.717) is 5.56 Å². The van der Waals surface area contributed by atoms with Gasteiger partial charge in [0.2, 0.25) is 0 Å². The van der Waals surface area contributed by atoms with Crippen molar-refractivity contribution in [3.63, 3.8) is 0 Å². The molecule has 0 bridgehead atoms. The lowest BCUT2D eigenvalue weighted by atomic mass is 10.1. The summed E-state index contributed by atoms with van der Waals surface area (Å²) in [6, 6.07) is 5.32. The summed E-state index contributed by atoms with van der Waals surface area (Å²) in [5.41, 5.74) is 7.47. The summed E-state index contributed by atoms with van der Waals surface area (Å²) >= 11 is 0. The number of rotatable bonds is 4. The first-order chi connectivity index (χ1) is 9.73. The minimum atomic E-state index is -3.09. The Morgan fingerprint density at radius 2 is 2.00 bits per heavy atom. The van der Waals surface area contributed by atoms with Crippen molar-refractivity contribution in [2.75, 3.05) is 32.1 Å². The molecule has 0 aromatic heterocycles. The maximum absolute atomic E-state index is 12.3. The van der Waals surface area contributed by atoms with E-state index < -0.39 is 9.84 Å². The van der Waals surface area contributed by atoms with Crippen LogP contribution in [0, 0.1) is 18.8 Å². The molecule has 2 N–H and O–H groups in total. The molecule has 0 unspecified atom stereocenters. The number of carbonyl (C=O) groups excluding carboxylic acids is 1. The number of amides is 1. The predicted octanol–water partition coefficient (Wildman–Crippen LogP) is 0.422. The summed E-state index contributed by atoms with van der Waals surface area (Å²) in [7, 11) is -1.51. The molecule has 0 aliphatic carbocycles. The van der Waals surface area contributed by atoms with Gasteiger partial charge in [0, 0.05) is 31.0 Å². The minimum Gasteiger partial charge on any atom is -0.341 e. The number of hydrogen-bond donors (Lipinski definition) is 1. The smallest absolute Gasteiger partial charge is 0.253 e. The minimum absolute atomic E-state index is 0.0547. The second-order valence-electron chi connectivity index (χ2n) is 4.95. The van der Waals surface area contributed by atoms with Crippen LogP contribution >= 0.6 is 0 Å². The van der Waals surface area contributed by atoms with Gasteiger partial charge in [0.1, 0.15) is 9.84 Å². The zero-order valence-electron chi connectivity index (χ0n) is 12.5. The predicted molar refractivity (Wildman–Crippen MR) is 83.8 cm³/mol. The topological polar surface area (TPSA) is 80.5 Å². The van der Waals surface area contributed by atoms with Gasteiger partial charge in [0.25, 0.3) is 5.91 Å². The Morgan fingerprint density at radius 1 is 1.33 bits per heavy atom. The van der Waals surface area contributed by atoms with E-state index in [-0.39, 0.29) is 24.7 Å². The summed E-state index contributed by atoms with van der Waals surface area (Å²) in [5.74, 6) is 5.36. The average Bonchev–Trinajstić information content (AvgIpc) is 2.40. The Labute approximate surface area is 126 Å². The van der Waals surface area contributed by atoms with Crippen LogP contribution < -0.4 is 5.73 Å². The van der Waals surface area contributed by atoms with Crippen molar-refractivity contribution < 1.29 is 13.2 Å². The molecule has 0 aliphatic heterocycles. The molecule has 0 heterocycles. The molecule has 6 heteroatoms. The second-order valence-corrected chi connectivity index (χ2v) is 7.21. The summed E-state index contributed by atoms with van der Waals surface area (Å²) in [4.78, 5) is 13.7. The van der Waals surface area contributed by atoms with Crippen LogP contribution in [-0.4, -0.2) is 51.4 Å². The average molecular weight is 308 g/mol. The molecule has 114 valence electrons. The lowest BCUT2D eigenvalue weighted by Crippen LogP contribution is -2.31. The molecule has 1 amide bonds. The van der Waals surface area contributed by atoms with Gasteiger partial charge in [-0.15, -0.1) is 0 Å². The Kier molecular flexibility index (Phi) is 5.94. The van der Waals surface area contributed by atoms with Crippen LogP contribution in [-0.2, 0) is 9.84 Å². The van der Waals surface area contributed by atoms with E-state index in [1.807, 2.05) is 13.0 Å². The summed E-state index contributed by atoms with van der Waals surface area (Å²) in [5, 5.41) is 0. The van der Waals surface area contributed by atoms with E-state index in [0.717, 1.165) is 17.4 Å². The molecule has 0 fully saturated rings. The molecule has 5 nitrogen and oxygen atoms in total. The van der Waals surface area contributed by atoms with Crippen LogP contribution in [0.25, 0.3) is 0 Å². The van der Waals surface area contributed by atoms with Crippen molar-refractivity contribution in [1.82, 2.24) is 4.90 Å². The largest absolute Gasteiger partial charge is 0.341 e. The lowest BCUT2D eigenvalue weighted by molar-refractivity contribution is 0.0803. The Bertz CT molecular complexity index is 685. The van der Waals surface area contributed by atoms with Gasteiger partial charge in [-0.2, -0.15) is 0 Å². The molecule has 0 atom stereocenters. The third kappa shape index (κ3) is 5.98. The van der Waals surface area contributed by atoms with Crippen molar-refractivity contribution in [2.45, 2.75) is 6.92 Å². The molecule has 0 saturated heterocycles. The molecule has 1 rings (SSSR count). The van der Waals surface area contributed by atoms with Gasteiger partial charge in [-0.1, -0.05) is 11.8 Å². The second kappa shape index (κ2) is 7.25. The van der Waals surface area contributed by atoms with E-state index in [1.54, 1.807) is 19.2 Å². The third-order valence-electron chi connectivity index (χ3n) is 2.80. The Balaban J connectivity index is 2.93. The molecule has 0 spiro atoms. The van der Waals surface area contributed by atoms with E-state index in [2.05, 4.69) is 11.8 Å². The van der Waals surface area contributed by atoms with Crippen molar-refractivity contribution in [3.05, 3.63) is 34.9 Å². The molecule has 0 aliphatic rings. The number of sulfone groups is 1. The quantitative estimate of drug-likeness (QED) is 0.818. The van der Waals surface area contributed by atoms with Gasteiger partial charge in [0.05, 0.1) is 12.3 Å². The zero-order valence-corrected chi connectivity index (χ0v) is 13.3. The number of carbonyl (C=O) groups is 1. The number of hydrogen-bond acceptors (Lipinski definition) is 4. The number of nitrogens with two attached hydrogens (primary N) is 1. The maximum atomic E-state index is 12.3. The van der Waals surface area contributed by atoms with Crippen molar-refractivity contribution in [2.24, 2.45) is 5.73 Å². The van der Waals surface area contributed by atoms with Crippen LogP contribution in [0.1, 0.15) is 21.5 Å². The molecular weight excluding hydrogens is 288 g/mol. The zero-order chi connectivity index (χ0) is 16.0. The Morgan fingerprint density at radius 3 is 2.57 bits per heavy atom. The van der Waals surface area contributed by atoms with Crippen molar-refractivity contribution in [3.8, 4) is 11.8 Å². The molecule has 1 aromatic rings. The van der Waals surface area contributed by atoms with E-state index in [9.17, 15) is 13.2 Å². The fraction of sp³-hybridized carbons (Fsp3) is 0.400. The Hall–Kier alpha value is -1.84. The number of aryl methyl sites for hydroxylation is 1. The fourth-order valence-corrected chi connectivity index (χ4v) is 2.36. The highest BCUT2D eigenvalue weighted by molar-refractivity contribution is 7.90. The number of nitrogens with zero attached hydrogens (tertiary/aromatic N) is 1. The standard InChI is InChI=1S/C15H20N2O3S/c1-12-9-13(5-4-6-16)11-14(10-12)15(18)17(2)7-8-21(3,19)20/h9-11H,6-8,16H2,1-3H3. The highest BCUT2D eigenvalue weighted by Gasteiger charge is 2.14. The van der Waals surface area contributed by atoms with Crippen LogP contribution in [0.4, 0.5) is 0 Å². The molecule has 21 heavy (non-hydrogen) atoms. The van der Waals surface area contributed by atoms with Gasteiger partial charge < -0.3 is 10.6 Å². The highest BCUT2D eigenvalue weighted by atomic mass is 32.2.